The fourth-order valence-corrected chi connectivity index (χ4v) is 1.25. The Hall–Kier alpha value is -1.52. The van der Waals surface area contributed by atoms with Crippen molar-refractivity contribution in [1.29, 1.82) is 0 Å². The first kappa shape index (κ1) is 12.5. The number of halogens is 3. The van der Waals surface area contributed by atoms with Gasteiger partial charge in [-0.3, -0.25) is 4.98 Å². The van der Waals surface area contributed by atoms with Gasteiger partial charge in [0.25, 0.3) is 0 Å². The first-order chi connectivity index (χ1) is 7.33. The van der Waals surface area contributed by atoms with E-state index < -0.39 is 6.36 Å². The second-order valence-electron chi connectivity index (χ2n) is 3.55. The summed E-state index contributed by atoms with van der Waals surface area (Å²) in [4.78, 5) is 3.78. The van der Waals surface area contributed by atoms with Crippen molar-refractivity contribution >= 4 is 6.08 Å². The molecule has 0 aliphatic carbocycles. The van der Waals surface area contributed by atoms with E-state index in [0.29, 0.717) is 11.3 Å². The van der Waals surface area contributed by atoms with Gasteiger partial charge in [0.05, 0.1) is 11.9 Å². The number of hydrogen-bond donors (Lipinski definition) is 0. The zero-order valence-electron chi connectivity index (χ0n) is 9.01. The molecule has 1 aromatic rings. The van der Waals surface area contributed by atoms with Crippen LogP contribution in [0.15, 0.2) is 18.8 Å². The summed E-state index contributed by atoms with van der Waals surface area (Å²) in [5, 5.41) is 0. The van der Waals surface area contributed by atoms with Gasteiger partial charge in [0.15, 0.2) is 5.75 Å². The summed E-state index contributed by atoms with van der Waals surface area (Å²) in [6.07, 6.45) is -2.15. The fraction of sp³-hybridized carbons (Fsp3) is 0.364. The second-order valence-corrected chi connectivity index (χ2v) is 3.55. The van der Waals surface area contributed by atoms with Crippen molar-refractivity contribution in [3.8, 4) is 5.75 Å². The van der Waals surface area contributed by atoms with Crippen LogP contribution in [0.3, 0.4) is 0 Å². The van der Waals surface area contributed by atoms with Crippen LogP contribution in [0.25, 0.3) is 6.08 Å². The Kier molecular flexibility index (Phi) is 3.57. The third-order valence-corrected chi connectivity index (χ3v) is 1.98. The molecule has 16 heavy (non-hydrogen) atoms. The maximum absolute atomic E-state index is 12.1. The number of nitrogens with zero attached hydrogens (tertiary/aromatic N) is 1. The number of pyridine rings is 1. The van der Waals surface area contributed by atoms with Gasteiger partial charge in [0, 0.05) is 5.56 Å². The van der Waals surface area contributed by atoms with E-state index in [0.717, 1.165) is 6.20 Å². The lowest BCUT2D eigenvalue weighted by molar-refractivity contribution is -0.275. The molecule has 1 rings (SSSR count). The van der Waals surface area contributed by atoms with Crippen LogP contribution >= 0.6 is 0 Å². The molecular weight excluding hydrogens is 219 g/mol. The predicted molar refractivity (Wildman–Crippen MR) is 55.1 cm³/mol. The van der Waals surface area contributed by atoms with Crippen molar-refractivity contribution < 1.29 is 17.9 Å². The fourth-order valence-electron chi connectivity index (χ4n) is 1.25. The largest absolute Gasteiger partial charge is 0.573 e. The van der Waals surface area contributed by atoms with E-state index in [1.165, 1.54) is 6.08 Å². The van der Waals surface area contributed by atoms with E-state index in [1.54, 1.807) is 19.9 Å². The van der Waals surface area contributed by atoms with E-state index >= 15 is 0 Å². The van der Waals surface area contributed by atoms with Gasteiger partial charge < -0.3 is 4.74 Å². The highest BCUT2D eigenvalue weighted by Crippen LogP contribution is 2.31. The molecule has 0 radical (unpaired) electrons. The number of ether oxygens (including phenoxy) is 1. The van der Waals surface area contributed by atoms with Gasteiger partial charge in [-0.1, -0.05) is 20.4 Å². The summed E-state index contributed by atoms with van der Waals surface area (Å²) >= 11 is 0. The Labute approximate surface area is 91.8 Å². The number of rotatable bonds is 3. The summed E-state index contributed by atoms with van der Waals surface area (Å²) in [5.41, 5.74) is 0.987. The molecule has 0 unspecified atom stereocenters. The van der Waals surface area contributed by atoms with E-state index in [1.807, 2.05) is 0 Å². The zero-order chi connectivity index (χ0) is 12.3. The Balaban J connectivity index is 3.13. The van der Waals surface area contributed by atoms with Crippen molar-refractivity contribution in [2.45, 2.75) is 26.1 Å². The number of aromatic nitrogens is 1. The van der Waals surface area contributed by atoms with Crippen molar-refractivity contribution in [2.24, 2.45) is 0 Å². The lowest BCUT2D eigenvalue weighted by atomic mass is 10.0. The molecule has 0 atom stereocenters. The van der Waals surface area contributed by atoms with Crippen LogP contribution in [0.4, 0.5) is 13.2 Å². The van der Waals surface area contributed by atoms with Crippen LogP contribution in [0.1, 0.15) is 31.0 Å². The van der Waals surface area contributed by atoms with Crippen molar-refractivity contribution in [1.82, 2.24) is 4.98 Å². The maximum Gasteiger partial charge on any atom is 0.573 e. The maximum atomic E-state index is 12.1. The average Bonchev–Trinajstić information content (AvgIpc) is 2.15. The molecule has 0 aliphatic heterocycles. The van der Waals surface area contributed by atoms with E-state index in [4.69, 9.17) is 0 Å². The molecule has 0 aliphatic rings. The lowest BCUT2D eigenvalue weighted by Crippen LogP contribution is -2.18. The molecule has 0 aromatic carbocycles. The molecule has 0 saturated carbocycles. The standard InChI is InChI=1S/C11H12F3NO/c1-4-8-5-9(7(2)3)10(6-15-8)16-11(12,13)14/h4-7H,1H2,2-3H3. The SMILES string of the molecule is C=Cc1cc(C(C)C)c(OC(F)(F)F)cn1. The summed E-state index contributed by atoms with van der Waals surface area (Å²) < 4.78 is 40.2. The summed E-state index contributed by atoms with van der Waals surface area (Å²) in [6, 6.07) is 1.54. The Bertz CT molecular complexity index is 385. The summed E-state index contributed by atoms with van der Waals surface area (Å²) in [5.74, 6) is -0.341. The van der Waals surface area contributed by atoms with E-state index in [9.17, 15) is 13.2 Å². The third kappa shape index (κ3) is 3.25. The van der Waals surface area contributed by atoms with Crippen molar-refractivity contribution in [2.75, 3.05) is 0 Å². The van der Waals surface area contributed by atoms with Gasteiger partial charge >= 0.3 is 6.36 Å². The van der Waals surface area contributed by atoms with Crippen molar-refractivity contribution in [3.63, 3.8) is 0 Å². The number of hydrogen-bond acceptors (Lipinski definition) is 2. The molecule has 88 valence electrons. The molecule has 1 aromatic heterocycles. The monoisotopic (exact) mass is 231 g/mol. The van der Waals surface area contributed by atoms with E-state index in [2.05, 4.69) is 16.3 Å². The highest BCUT2D eigenvalue weighted by molar-refractivity contribution is 5.47. The molecule has 0 amide bonds. The zero-order valence-corrected chi connectivity index (χ0v) is 9.01. The Morgan fingerprint density at radius 1 is 1.44 bits per heavy atom. The van der Waals surface area contributed by atoms with Gasteiger partial charge in [-0.15, -0.1) is 13.2 Å². The van der Waals surface area contributed by atoms with Gasteiger partial charge in [-0.2, -0.15) is 0 Å². The van der Waals surface area contributed by atoms with Crippen LogP contribution in [0, 0.1) is 0 Å². The molecule has 0 spiro atoms. The minimum absolute atomic E-state index is 0.0842. The first-order valence-corrected chi connectivity index (χ1v) is 4.71. The topological polar surface area (TPSA) is 22.1 Å². The molecule has 5 heteroatoms. The molecule has 1 heterocycles. The van der Waals surface area contributed by atoms with Crippen LogP contribution in [-0.4, -0.2) is 11.3 Å². The van der Waals surface area contributed by atoms with Gasteiger partial charge in [0.2, 0.25) is 0 Å². The van der Waals surface area contributed by atoms with Crippen LogP contribution in [-0.2, 0) is 0 Å². The molecule has 0 saturated heterocycles. The van der Waals surface area contributed by atoms with Crippen LogP contribution < -0.4 is 4.74 Å². The summed E-state index contributed by atoms with van der Waals surface area (Å²) in [7, 11) is 0. The normalized spacial score (nSPS) is 11.6. The third-order valence-electron chi connectivity index (χ3n) is 1.98. The molecule has 0 N–H and O–H groups in total. The average molecular weight is 231 g/mol. The molecular formula is C11H12F3NO. The minimum Gasteiger partial charge on any atom is -0.404 e. The summed E-state index contributed by atoms with van der Waals surface area (Å²) in [6.45, 7) is 7.08. The number of alkyl halides is 3. The quantitative estimate of drug-likeness (QED) is 0.790. The molecule has 0 bridgehead atoms. The van der Waals surface area contributed by atoms with Gasteiger partial charge in [-0.25, -0.2) is 0 Å². The predicted octanol–water partition coefficient (Wildman–Crippen LogP) is 3.75. The second kappa shape index (κ2) is 4.55. The highest BCUT2D eigenvalue weighted by Gasteiger charge is 2.32. The molecule has 2 nitrogen and oxygen atoms in total. The van der Waals surface area contributed by atoms with Gasteiger partial charge in [0.1, 0.15) is 0 Å². The Morgan fingerprint density at radius 2 is 2.06 bits per heavy atom. The Morgan fingerprint density at radius 3 is 2.50 bits per heavy atom. The lowest BCUT2D eigenvalue weighted by Gasteiger charge is -2.15. The van der Waals surface area contributed by atoms with Crippen molar-refractivity contribution in [3.05, 3.63) is 30.1 Å². The molecule has 0 fully saturated rings. The van der Waals surface area contributed by atoms with E-state index in [-0.39, 0.29) is 11.7 Å². The highest BCUT2D eigenvalue weighted by atomic mass is 19.4. The van der Waals surface area contributed by atoms with Gasteiger partial charge in [-0.05, 0) is 18.1 Å². The minimum atomic E-state index is -4.69. The van der Waals surface area contributed by atoms with Crippen LogP contribution in [0.5, 0.6) is 5.75 Å². The smallest absolute Gasteiger partial charge is 0.404 e. The van der Waals surface area contributed by atoms with Crippen LogP contribution in [0.2, 0.25) is 0 Å². The first-order valence-electron chi connectivity index (χ1n) is 4.71.